The van der Waals surface area contributed by atoms with Gasteiger partial charge in [0.1, 0.15) is 0 Å². The molecule has 92 valence electrons. The number of halogens is 1. The number of hydrogen-bond donors (Lipinski definition) is 1. The summed E-state index contributed by atoms with van der Waals surface area (Å²) in [6, 6.07) is -0.251. The number of sulfonamides is 1. The summed E-state index contributed by atoms with van der Waals surface area (Å²) in [6.07, 6.45) is 3.65. The maximum Gasteiger partial charge on any atom is 0.259 e. The van der Waals surface area contributed by atoms with Crippen molar-refractivity contribution in [1.82, 2.24) is 14.3 Å². The van der Waals surface area contributed by atoms with Crippen molar-refractivity contribution in [1.29, 1.82) is 0 Å². The second-order valence-electron chi connectivity index (χ2n) is 3.42. The van der Waals surface area contributed by atoms with Crippen LogP contribution < -0.4 is 4.72 Å². The summed E-state index contributed by atoms with van der Waals surface area (Å²) in [5.41, 5.74) is 0. The molecule has 0 aliphatic heterocycles. The fourth-order valence-electron chi connectivity index (χ4n) is 1.16. The Hall–Kier alpha value is -0.590. The van der Waals surface area contributed by atoms with Gasteiger partial charge in [-0.05, 0) is 13.3 Å². The molecule has 16 heavy (non-hydrogen) atoms. The number of aryl methyl sites for hydroxylation is 1. The Labute approximate surface area is 101 Å². The van der Waals surface area contributed by atoms with E-state index in [9.17, 15) is 8.42 Å². The molecule has 1 aromatic rings. The number of hydrogen-bond acceptors (Lipinski definition) is 3. The molecule has 0 radical (unpaired) electrons. The summed E-state index contributed by atoms with van der Waals surface area (Å²) in [5, 5.41) is 0.0397. The molecule has 0 aromatic carbocycles. The minimum absolute atomic E-state index is 0.0397. The molecular formula is C9H16ClN3O2S. The third kappa shape index (κ3) is 3.20. The standard InChI is InChI=1S/C9H16ClN3O2S/c1-3-8(5-10)12-16(14,15)9-6-13(4-2)7-11-9/h6-8,12H,3-5H2,1-2H3. The van der Waals surface area contributed by atoms with Gasteiger partial charge in [-0.2, -0.15) is 0 Å². The summed E-state index contributed by atoms with van der Waals surface area (Å²) >= 11 is 5.64. The predicted octanol–water partition coefficient (Wildman–Crippen LogP) is 1.20. The number of rotatable bonds is 6. The molecule has 7 heteroatoms. The van der Waals surface area contributed by atoms with Crippen LogP contribution in [0.5, 0.6) is 0 Å². The Morgan fingerprint density at radius 1 is 1.56 bits per heavy atom. The molecule has 1 atom stereocenters. The van der Waals surface area contributed by atoms with Gasteiger partial charge in [0.25, 0.3) is 10.0 Å². The lowest BCUT2D eigenvalue weighted by atomic mass is 10.3. The highest BCUT2D eigenvalue weighted by atomic mass is 35.5. The second kappa shape index (κ2) is 5.65. The van der Waals surface area contributed by atoms with E-state index in [4.69, 9.17) is 11.6 Å². The fraction of sp³-hybridized carbons (Fsp3) is 0.667. The molecule has 1 N–H and O–H groups in total. The maximum atomic E-state index is 11.8. The summed E-state index contributed by atoms with van der Waals surface area (Å²) < 4.78 is 27.9. The highest BCUT2D eigenvalue weighted by Gasteiger charge is 2.20. The van der Waals surface area contributed by atoms with Gasteiger partial charge in [-0.1, -0.05) is 6.92 Å². The fourth-order valence-corrected chi connectivity index (χ4v) is 2.81. The van der Waals surface area contributed by atoms with Crippen molar-refractivity contribution in [3.63, 3.8) is 0 Å². The van der Waals surface area contributed by atoms with Crippen molar-refractivity contribution in [2.24, 2.45) is 0 Å². The highest BCUT2D eigenvalue weighted by Crippen LogP contribution is 2.07. The van der Waals surface area contributed by atoms with Crippen LogP contribution in [0.15, 0.2) is 17.6 Å². The van der Waals surface area contributed by atoms with Crippen molar-refractivity contribution in [2.75, 3.05) is 5.88 Å². The van der Waals surface area contributed by atoms with E-state index in [0.717, 1.165) is 0 Å². The van der Waals surface area contributed by atoms with Crippen LogP contribution in [-0.4, -0.2) is 29.9 Å². The smallest absolute Gasteiger partial charge is 0.259 e. The summed E-state index contributed by atoms with van der Waals surface area (Å²) in [5.74, 6) is 0.254. The van der Waals surface area contributed by atoms with E-state index in [-0.39, 0.29) is 16.9 Å². The van der Waals surface area contributed by atoms with Crippen molar-refractivity contribution in [2.45, 2.75) is 37.9 Å². The van der Waals surface area contributed by atoms with Crippen LogP contribution >= 0.6 is 11.6 Å². The van der Waals surface area contributed by atoms with Gasteiger partial charge in [-0.15, -0.1) is 11.6 Å². The second-order valence-corrected chi connectivity index (χ2v) is 5.39. The molecule has 1 heterocycles. The quantitative estimate of drug-likeness (QED) is 0.786. The van der Waals surface area contributed by atoms with Crippen LogP contribution in [0.3, 0.4) is 0 Å². The molecule has 0 spiro atoms. The first kappa shape index (κ1) is 13.5. The van der Waals surface area contributed by atoms with E-state index in [1.165, 1.54) is 12.5 Å². The summed E-state index contributed by atoms with van der Waals surface area (Å²) in [6.45, 7) is 4.48. The van der Waals surface area contributed by atoms with Crippen molar-refractivity contribution in [3.05, 3.63) is 12.5 Å². The number of nitrogens with zero attached hydrogens (tertiary/aromatic N) is 2. The van der Waals surface area contributed by atoms with E-state index < -0.39 is 10.0 Å². The molecule has 0 bridgehead atoms. The number of aromatic nitrogens is 2. The topological polar surface area (TPSA) is 64.0 Å². The average Bonchev–Trinajstić information content (AvgIpc) is 2.75. The van der Waals surface area contributed by atoms with Crippen LogP contribution in [0.2, 0.25) is 0 Å². The normalized spacial score (nSPS) is 13.9. The minimum atomic E-state index is -3.54. The van der Waals surface area contributed by atoms with E-state index in [1.54, 1.807) is 4.57 Å². The lowest BCUT2D eigenvalue weighted by molar-refractivity contribution is 0.554. The van der Waals surface area contributed by atoms with Gasteiger partial charge in [-0.25, -0.2) is 18.1 Å². The number of imidazole rings is 1. The first-order valence-electron chi connectivity index (χ1n) is 5.13. The number of alkyl halides is 1. The molecule has 1 rings (SSSR count). The van der Waals surface area contributed by atoms with Gasteiger partial charge in [0, 0.05) is 24.7 Å². The molecule has 0 saturated carbocycles. The molecular weight excluding hydrogens is 250 g/mol. The number of nitrogens with one attached hydrogen (secondary N) is 1. The molecule has 0 amide bonds. The van der Waals surface area contributed by atoms with Crippen LogP contribution in [0, 0.1) is 0 Å². The Balaban J connectivity index is 2.85. The van der Waals surface area contributed by atoms with Crippen LogP contribution in [-0.2, 0) is 16.6 Å². The summed E-state index contributed by atoms with van der Waals surface area (Å²) in [7, 11) is -3.54. The van der Waals surface area contributed by atoms with Crippen molar-refractivity contribution in [3.8, 4) is 0 Å². The zero-order valence-corrected chi connectivity index (χ0v) is 10.9. The van der Waals surface area contributed by atoms with E-state index in [2.05, 4.69) is 9.71 Å². The molecule has 1 unspecified atom stereocenters. The van der Waals surface area contributed by atoms with E-state index >= 15 is 0 Å². The molecule has 5 nitrogen and oxygen atoms in total. The zero-order valence-electron chi connectivity index (χ0n) is 9.35. The predicted molar refractivity (Wildman–Crippen MR) is 63.0 cm³/mol. The van der Waals surface area contributed by atoms with Gasteiger partial charge < -0.3 is 4.57 Å². The largest absolute Gasteiger partial charge is 0.336 e. The van der Waals surface area contributed by atoms with Crippen molar-refractivity contribution < 1.29 is 8.42 Å². The SMILES string of the molecule is CCC(CCl)NS(=O)(=O)c1cn(CC)cn1. The lowest BCUT2D eigenvalue weighted by Crippen LogP contribution is -2.35. The Kier molecular flexibility index (Phi) is 4.76. The van der Waals surface area contributed by atoms with Crippen LogP contribution in [0.25, 0.3) is 0 Å². The molecule has 0 aliphatic carbocycles. The third-order valence-electron chi connectivity index (χ3n) is 2.25. The first-order chi connectivity index (χ1) is 7.53. The molecule has 0 fully saturated rings. The Bertz CT molecular complexity index is 426. The monoisotopic (exact) mass is 265 g/mol. The zero-order chi connectivity index (χ0) is 12.2. The maximum absolute atomic E-state index is 11.8. The minimum Gasteiger partial charge on any atom is -0.336 e. The Morgan fingerprint density at radius 2 is 2.25 bits per heavy atom. The van der Waals surface area contributed by atoms with Gasteiger partial charge in [0.2, 0.25) is 0 Å². The first-order valence-corrected chi connectivity index (χ1v) is 7.15. The van der Waals surface area contributed by atoms with Gasteiger partial charge >= 0.3 is 0 Å². The third-order valence-corrected chi connectivity index (χ3v) is 4.03. The lowest BCUT2D eigenvalue weighted by Gasteiger charge is -2.12. The molecule has 0 aliphatic rings. The Morgan fingerprint density at radius 3 is 2.69 bits per heavy atom. The van der Waals surface area contributed by atoms with E-state index in [0.29, 0.717) is 13.0 Å². The molecule has 0 saturated heterocycles. The van der Waals surface area contributed by atoms with Crippen LogP contribution in [0.1, 0.15) is 20.3 Å². The van der Waals surface area contributed by atoms with Gasteiger partial charge in [0.05, 0.1) is 6.33 Å². The van der Waals surface area contributed by atoms with Crippen molar-refractivity contribution >= 4 is 21.6 Å². The van der Waals surface area contributed by atoms with E-state index in [1.807, 2.05) is 13.8 Å². The average molecular weight is 266 g/mol. The van der Waals surface area contributed by atoms with Gasteiger partial charge in [0.15, 0.2) is 5.03 Å². The summed E-state index contributed by atoms with van der Waals surface area (Å²) in [4.78, 5) is 3.85. The van der Waals surface area contributed by atoms with Crippen LogP contribution in [0.4, 0.5) is 0 Å². The highest BCUT2D eigenvalue weighted by molar-refractivity contribution is 7.89. The molecule has 1 aromatic heterocycles. The van der Waals surface area contributed by atoms with Gasteiger partial charge in [-0.3, -0.25) is 0 Å².